The van der Waals surface area contributed by atoms with Crippen molar-refractivity contribution in [1.29, 1.82) is 5.26 Å². The predicted molar refractivity (Wildman–Crippen MR) is 110 cm³/mol. The van der Waals surface area contributed by atoms with Gasteiger partial charge in [-0.25, -0.2) is 5.06 Å². The number of carbonyl (C=O) groups is 1. The van der Waals surface area contributed by atoms with E-state index in [0.717, 1.165) is 22.3 Å². The summed E-state index contributed by atoms with van der Waals surface area (Å²) in [6, 6.07) is 24.5. The Bertz CT molecular complexity index is 975. The molecule has 5 nitrogen and oxygen atoms in total. The maximum atomic E-state index is 11.0. The van der Waals surface area contributed by atoms with E-state index < -0.39 is 6.04 Å². The highest BCUT2D eigenvalue weighted by Gasteiger charge is 2.17. The third-order valence-electron chi connectivity index (χ3n) is 4.72. The molecule has 0 aromatic heterocycles. The maximum Gasteiger partial charge on any atom is 0.233 e. The molecule has 3 aromatic carbocycles. The van der Waals surface area contributed by atoms with Crippen molar-refractivity contribution in [3.63, 3.8) is 0 Å². The van der Waals surface area contributed by atoms with E-state index in [-0.39, 0.29) is 6.61 Å². The molecule has 0 saturated carbocycles. The van der Waals surface area contributed by atoms with Crippen LogP contribution in [0.3, 0.4) is 0 Å². The number of nitriles is 1. The zero-order valence-corrected chi connectivity index (χ0v) is 16.2. The maximum absolute atomic E-state index is 11.0. The Morgan fingerprint density at radius 2 is 1.59 bits per heavy atom. The minimum Gasteiger partial charge on any atom is -0.491 e. The highest BCUT2D eigenvalue weighted by Crippen LogP contribution is 2.23. The topological polar surface area (TPSA) is 73.6 Å². The van der Waals surface area contributed by atoms with Crippen LogP contribution in [0.4, 0.5) is 0 Å². The molecule has 0 fully saturated rings. The Balaban J connectivity index is 1.64. The number of hydrogen-bond acceptors (Lipinski definition) is 4. The highest BCUT2D eigenvalue weighted by molar-refractivity contribution is 5.64. The SMILES string of the molecule is Cc1ccc(CC(COc2ccc(-c3ccc(C#N)cc3)cc2)N(O)C=O)cc1. The van der Waals surface area contributed by atoms with Crippen LogP contribution < -0.4 is 4.74 Å². The lowest BCUT2D eigenvalue weighted by atomic mass is 10.0. The fraction of sp³-hybridized carbons (Fsp3) is 0.167. The monoisotopic (exact) mass is 386 g/mol. The average Bonchev–Trinajstić information content (AvgIpc) is 2.78. The number of rotatable bonds is 8. The average molecular weight is 386 g/mol. The van der Waals surface area contributed by atoms with Crippen LogP contribution in [-0.4, -0.2) is 29.3 Å². The largest absolute Gasteiger partial charge is 0.491 e. The Morgan fingerprint density at radius 1 is 1.00 bits per heavy atom. The zero-order valence-electron chi connectivity index (χ0n) is 16.2. The summed E-state index contributed by atoms with van der Waals surface area (Å²) in [5.41, 5.74) is 4.81. The van der Waals surface area contributed by atoms with E-state index in [4.69, 9.17) is 10.00 Å². The fourth-order valence-corrected chi connectivity index (χ4v) is 2.98. The lowest BCUT2D eigenvalue weighted by Gasteiger charge is -2.23. The molecule has 146 valence electrons. The molecule has 3 rings (SSSR count). The predicted octanol–water partition coefficient (Wildman–Crippen LogP) is 4.37. The number of nitrogens with zero attached hydrogens (tertiary/aromatic N) is 2. The molecule has 0 radical (unpaired) electrons. The molecule has 1 atom stereocenters. The first-order valence-corrected chi connectivity index (χ1v) is 9.30. The van der Waals surface area contributed by atoms with E-state index in [1.54, 1.807) is 12.1 Å². The second-order valence-corrected chi connectivity index (χ2v) is 6.85. The smallest absolute Gasteiger partial charge is 0.233 e. The van der Waals surface area contributed by atoms with Crippen LogP contribution in [0.25, 0.3) is 11.1 Å². The van der Waals surface area contributed by atoms with Gasteiger partial charge in [-0.1, -0.05) is 54.1 Å². The number of benzene rings is 3. The molecule has 1 amide bonds. The van der Waals surface area contributed by atoms with Gasteiger partial charge in [0.05, 0.1) is 17.7 Å². The summed E-state index contributed by atoms with van der Waals surface area (Å²) in [5.74, 6) is 0.649. The van der Waals surface area contributed by atoms with Gasteiger partial charge in [0.15, 0.2) is 0 Å². The molecule has 0 aliphatic rings. The summed E-state index contributed by atoms with van der Waals surface area (Å²) < 4.78 is 5.81. The van der Waals surface area contributed by atoms with Crippen LogP contribution >= 0.6 is 0 Å². The van der Waals surface area contributed by atoms with Crippen molar-refractivity contribution in [3.05, 3.63) is 89.5 Å². The standard InChI is InChI=1S/C24H22N2O3/c1-18-2-4-19(5-3-18)14-23(26(28)17-27)16-29-24-12-10-22(11-13-24)21-8-6-20(15-25)7-9-21/h2-13,17,23,28H,14,16H2,1H3. The molecule has 0 bridgehead atoms. The number of aryl methyl sites for hydroxylation is 1. The minimum atomic E-state index is -0.492. The summed E-state index contributed by atoms with van der Waals surface area (Å²) in [6.45, 7) is 2.18. The van der Waals surface area contributed by atoms with Crippen molar-refractivity contribution in [2.75, 3.05) is 6.61 Å². The summed E-state index contributed by atoms with van der Waals surface area (Å²) in [4.78, 5) is 11.0. The van der Waals surface area contributed by atoms with Gasteiger partial charge in [-0.05, 0) is 54.3 Å². The van der Waals surface area contributed by atoms with Crippen molar-refractivity contribution >= 4 is 6.41 Å². The van der Waals surface area contributed by atoms with Crippen molar-refractivity contribution < 1.29 is 14.7 Å². The van der Waals surface area contributed by atoms with Crippen molar-refractivity contribution in [2.24, 2.45) is 0 Å². The van der Waals surface area contributed by atoms with Crippen LogP contribution in [0.2, 0.25) is 0 Å². The number of carbonyl (C=O) groups excluding carboxylic acids is 1. The molecule has 0 saturated heterocycles. The number of ether oxygens (including phenoxy) is 1. The quantitative estimate of drug-likeness (QED) is 0.354. The summed E-state index contributed by atoms with van der Waals surface area (Å²) >= 11 is 0. The van der Waals surface area contributed by atoms with Crippen LogP contribution in [0.15, 0.2) is 72.8 Å². The fourth-order valence-electron chi connectivity index (χ4n) is 2.98. The normalized spacial score (nSPS) is 11.3. The van der Waals surface area contributed by atoms with Crippen molar-refractivity contribution in [1.82, 2.24) is 5.06 Å². The summed E-state index contributed by atoms with van der Waals surface area (Å²) in [5, 5.41) is 19.5. The van der Waals surface area contributed by atoms with Crippen LogP contribution in [0, 0.1) is 18.3 Å². The van der Waals surface area contributed by atoms with Gasteiger partial charge >= 0.3 is 0 Å². The Kier molecular flexibility index (Phi) is 6.62. The van der Waals surface area contributed by atoms with E-state index in [9.17, 15) is 10.0 Å². The van der Waals surface area contributed by atoms with Crippen LogP contribution in [-0.2, 0) is 11.2 Å². The first-order chi connectivity index (χ1) is 14.1. The molecule has 29 heavy (non-hydrogen) atoms. The van der Waals surface area contributed by atoms with Crippen LogP contribution in [0.1, 0.15) is 16.7 Å². The molecule has 0 spiro atoms. The Hall–Kier alpha value is -3.62. The molecule has 0 aliphatic carbocycles. The number of hydroxylamine groups is 2. The van der Waals surface area contributed by atoms with E-state index in [0.29, 0.717) is 29.2 Å². The molecular formula is C24H22N2O3. The third-order valence-corrected chi connectivity index (χ3v) is 4.72. The molecule has 0 aliphatic heterocycles. The molecule has 1 N–H and O–H groups in total. The van der Waals surface area contributed by atoms with Gasteiger partial charge in [0.25, 0.3) is 0 Å². The number of amides is 1. The zero-order chi connectivity index (χ0) is 20.6. The molecular weight excluding hydrogens is 364 g/mol. The molecule has 0 heterocycles. The van der Waals surface area contributed by atoms with Gasteiger partial charge in [0, 0.05) is 0 Å². The Labute approximate surface area is 170 Å². The van der Waals surface area contributed by atoms with E-state index in [1.165, 1.54) is 0 Å². The van der Waals surface area contributed by atoms with Crippen molar-refractivity contribution in [2.45, 2.75) is 19.4 Å². The summed E-state index contributed by atoms with van der Waals surface area (Å²) in [7, 11) is 0. The first kappa shape index (κ1) is 20.1. The molecule has 5 heteroatoms. The molecule has 1 unspecified atom stereocenters. The second kappa shape index (κ2) is 9.54. The van der Waals surface area contributed by atoms with E-state index in [2.05, 4.69) is 6.07 Å². The molecule has 3 aromatic rings. The van der Waals surface area contributed by atoms with E-state index >= 15 is 0 Å². The third kappa shape index (κ3) is 5.44. The van der Waals surface area contributed by atoms with Gasteiger partial charge in [0.1, 0.15) is 12.4 Å². The van der Waals surface area contributed by atoms with Gasteiger partial charge in [-0.3, -0.25) is 10.0 Å². The minimum absolute atomic E-state index is 0.166. The van der Waals surface area contributed by atoms with Crippen LogP contribution in [0.5, 0.6) is 5.75 Å². The highest BCUT2D eigenvalue weighted by atomic mass is 16.5. The van der Waals surface area contributed by atoms with Gasteiger partial charge < -0.3 is 4.74 Å². The lowest BCUT2D eigenvalue weighted by molar-refractivity contribution is -0.162. The van der Waals surface area contributed by atoms with Gasteiger partial charge in [-0.15, -0.1) is 0 Å². The summed E-state index contributed by atoms with van der Waals surface area (Å²) in [6.07, 6.45) is 0.884. The van der Waals surface area contributed by atoms with E-state index in [1.807, 2.05) is 67.6 Å². The number of hydrogen-bond donors (Lipinski definition) is 1. The second-order valence-electron chi connectivity index (χ2n) is 6.85. The lowest BCUT2D eigenvalue weighted by Crippen LogP contribution is -2.38. The van der Waals surface area contributed by atoms with Gasteiger partial charge in [0.2, 0.25) is 6.41 Å². The van der Waals surface area contributed by atoms with Gasteiger partial charge in [-0.2, -0.15) is 5.26 Å². The van der Waals surface area contributed by atoms with Crippen molar-refractivity contribution in [3.8, 4) is 22.9 Å². The first-order valence-electron chi connectivity index (χ1n) is 9.30. The Morgan fingerprint density at radius 3 is 2.14 bits per heavy atom.